The summed E-state index contributed by atoms with van der Waals surface area (Å²) in [5, 5.41) is 7.87. The van der Waals surface area contributed by atoms with E-state index in [0.717, 1.165) is 55.0 Å². The third kappa shape index (κ3) is 18.5. The van der Waals surface area contributed by atoms with Gasteiger partial charge in [0.2, 0.25) is 0 Å². The number of rotatable bonds is 9. The van der Waals surface area contributed by atoms with Gasteiger partial charge in [0.05, 0.1) is 85.8 Å². The molecule has 9 heterocycles. The van der Waals surface area contributed by atoms with Crippen LogP contribution in [0.4, 0.5) is 51.1 Å². The number of H-pyrrole nitrogens is 1. The summed E-state index contributed by atoms with van der Waals surface area (Å²) in [6, 6.07) is 18.9. The molecule has 12 rings (SSSR count). The van der Waals surface area contributed by atoms with Crippen LogP contribution in [-0.2, 0) is 58.5 Å². The summed E-state index contributed by atoms with van der Waals surface area (Å²) < 4.78 is 142. The number of anilines is 2. The molecule has 0 unspecified atom stereocenters. The molecule has 99 heavy (non-hydrogen) atoms. The van der Waals surface area contributed by atoms with Crippen molar-refractivity contribution >= 4 is 89.3 Å². The second kappa shape index (κ2) is 31.4. The van der Waals surface area contributed by atoms with Gasteiger partial charge >= 0.3 is 25.6 Å². The van der Waals surface area contributed by atoms with Crippen molar-refractivity contribution in [2.75, 3.05) is 37.1 Å². The van der Waals surface area contributed by atoms with Crippen LogP contribution in [-0.4, -0.2) is 88.4 Å². The number of aryl methyl sites for hydroxylation is 3. The molecule has 0 spiro atoms. The number of alkyl halides is 9. The van der Waals surface area contributed by atoms with Gasteiger partial charge in [0.25, 0.3) is 22.2 Å². The number of ether oxygens (including phenoxy) is 2. The Bertz CT molecular complexity index is 4720. The van der Waals surface area contributed by atoms with E-state index in [-0.39, 0.29) is 46.6 Å². The second-order valence-electron chi connectivity index (χ2n) is 24.2. The van der Waals surface area contributed by atoms with Crippen LogP contribution in [0.5, 0.6) is 0 Å². The minimum Gasteiger partial charge on any atom is -0.400 e. The van der Waals surface area contributed by atoms with Crippen LogP contribution >= 0.6 is 31.9 Å². The van der Waals surface area contributed by atoms with Crippen molar-refractivity contribution in [1.82, 2.24) is 43.6 Å². The van der Waals surface area contributed by atoms with Gasteiger partial charge in [0.1, 0.15) is 41.2 Å². The molecule has 0 radical (unpaired) electrons. The van der Waals surface area contributed by atoms with Crippen molar-refractivity contribution in [3.05, 3.63) is 217 Å². The number of hydrogen-bond acceptors (Lipinski definition) is 16. The van der Waals surface area contributed by atoms with Gasteiger partial charge < -0.3 is 40.1 Å². The maximum Gasteiger partial charge on any atom is 0.490 e. The molecular formula is C67H70BBr2F9N12O8. The summed E-state index contributed by atoms with van der Waals surface area (Å²) in [6.07, 6.45) is -3.70. The number of nitrogens with two attached hydrogens (primary N) is 1. The highest BCUT2D eigenvalue weighted by atomic mass is 79.9. The van der Waals surface area contributed by atoms with Gasteiger partial charge in [-0.05, 0) is 176 Å². The predicted molar refractivity (Wildman–Crippen MR) is 367 cm³/mol. The van der Waals surface area contributed by atoms with Crippen molar-refractivity contribution in [2.24, 2.45) is 26.9 Å². The minimum absolute atomic E-state index is 0.170. The van der Waals surface area contributed by atoms with Crippen molar-refractivity contribution < 1.29 is 58.3 Å². The summed E-state index contributed by atoms with van der Waals surface area (Å²) in [6.45, 7) is 15.9. The Morgan fingerprint density at radius 1 is 0.556 bits per heavy atom. The zero-order valence-corrected chi connectivity index (χ0v) is 58.3. The molecule has 5 N–H and O–H groups in total. The fraction of sp³-hybridized carbons (Fsp3) is 0.358. The predicted octanol–water partition coefficient (Wildman–Crippen LogP) is 13.7. The lowest BCUT2D eigenvalue weighted by atomic mass is 9.75. The van der Waals surface area contributed by atoms with Gasteiger partial charge in [0.15, 0.2) is 0 Å². The number of pyridine rings is 3. The summed E-state index contributed by atoms with van der Waals surface area (Å²) in [4.78, 5) is 70.9. The lowest BCUT2D eigenvalue weighted by Gasteiger charge is -2.32. The number of aromatic nitrogens is 9. The maximum atomic E-state index is 13.1. The SMILES string of the molecule is CC1(C)OB(C2=CCOCC2)OC1(C)C.C[C@@H](N)c1cccc(C(F)(F)F)c1.C[C@@H](Nc1ncnc2c1cc(Br)c(=O)n2C)c1cccc(C(F)(F)F)c1.C[C@@H](Nc1ncnc2c1cc(C1=CCOCC1)c(=O)n2C)c1cccc(C(F)(F)F)c1.Cn1c(=O)c(Br)cc2c(=O)[nH]cnc21. The van der Waals surface area contributed by atoms with Crippen molar-refractivity contribution in [3.63, 3.8) is 0 Å². The van der Waals surface area contributed by atoms with E-state index in [1.165, 1.54) is 62.4 Å². The molecule has 3 aromatic carbocycles. The van der Waals surface area contributed by atoms with Gasteiger partial charge in [-0.1, -0.05) is 48.6 Å². The van der Waals surface area contributed by atoms with Crippen LogP contribution < -0.4 is 38.6 Å². The van der Waals surface area contributed by atoms with E-state index in [1.807, 2.05) is 6.08 Å². The Labute approximate surface area is 578 Å². The normalized spacial score (nSPS) is 16.1. The van der Waals surface area contributed by atoms with Crippen LogP contribution in [0.1, 0.15) is 118 Å². The van der Waals surface area contributed by atoms with E-state index in [4.69, 9.17) is 24.5 Å². The monoisotopic (exact) mass is 1510 g/mol. The first kappa shape index (κ1) is 76.4. The summed E-state index contributed by atoms with van der Waals surface area (Å²) in [5.41, 5.74) is 7.37. The molecule has 526 valence electrons. The first-order chi connectivity index (χ1) is 46.4. The fourth-order valence-electron chi connectivity index (χ4n) is 10.3. The minimum atomic E-state index is -4.41. The van der Waals surface area contributed by atoms with E-state index in [2.05, 4.69) is 106 Å². The van der Waals surface area contributed by atoms with E-state index in [1.54, 1.807) is 72.2 Å². The lowest BCUT2D eigenvalue weighted by molar-refractivity contribution is -0.138. The molecule has 3 atom stereocenters. The Balaban J connectivity index is 0.000000165. The van der Waals surface area contributed by atoms with Gasteiger partial charge in [-0.2, -0.15) is 39.5 Å². The molecule has 0 bridgehead atoms. The highest BCUT2D eigenvalue weighted by Gasteiger charge is 2.52. The number of halogens is 11. The lowest BCUT2D eigenvalue weighted by Crippen LogP contribution is -2.41. The highest BCUT2D eigenvalue weighted by molar-refractivity contribution is 9.10. The van der Waals surface area contributed by atoms with Crippen LogP contribution in [0.2, 0.25) is 0 Å². The van der Waals surface area contributed by atoms with Crippen molar-refractivity contribution in [3.8, 4) is 0 Å². The molecule has 1 saturated heterocycles. The largest absolute Gasteiger partial charge is 0.490 e. The molecule has 0 saturated carbocycles. The van der Waals surface area contributed by atoms with E-state index < -0.39 is 47.3 Å². The fourth-order valence-corrected chi connectivity index (χ4v) is 11.3. The van der Waals surface area contributed by atoms with Crippen LogP contribution in [0.3, 0.4) is 0 Å². The summed E-state index contributed by atoms with van der Waals surface area (Å²) in [5.74, 6) is 0.871. The molecule has 6 aromatic heterocycles. The number of nitrogens with one attached hydrogen (secondary N) is 3. The first-order valence-electron chi connectivity index (χ1n) is 30.7. The molecule has 0 amide bonds. The third-order valence-electron chi connectivity index (χ3n) is 16.7. The van der Waals surface area contributed by atoms with E-state index in [0.29, 0.717) is 102 Å². The van der Waals surface area contributed by atoms with E-state index in [9.17, 15) is 58.7 Å². The molecule has 32 heteroatoms. The second-order valence-corrected chi connectivity index (χ2v) is 25.9. The van der Waals surface area contributed by atoms with Gasteiger partial charge in [0, 0.05) is 44.8 Å². The van der Waals surface area contributed by atoms with Gasteiger partial charge in [-0.3, -0.25) is 32.9 Å². The van der Waals surface area contributed by atoms with Crippen LogP contribution in [0.25, 0.3) is 38.7 Å². The number of nitrogens with zero attached hydrogens (tertiary/aromatic N) is 8. The van der Waals surface area contributed by atoms with Crippen molar-refractivity contribution in [1.29, 1.82) is 0 Å². The number of benzene rings is 3. The first-order valence-corrected chi connectivity index (χ1v) is 32.2. The van der Waals surface area contributed by atoms with Crippen LogP contribution in [0, 0.1) is 0 Å². The molecule has 3 aliphatic rings. The molecular weight excluding hydrogens is 1440 g/mol. The average molecular weight is 1510 g/mol. The third-order valence-corrected chi connectivity index (χ3v) is 17.8. The number of hydrogen-bond donors (Lipinski definition) is 4. The zero-order chi connectivity index (χ0) is 72.7. The standard InChI is InChI=1S/C22H21F3N4O2.C17H14BrF3N4O.C11H19BO3.C9H10F3N.C8H6BrN3O2/c1-13(15-4-3-5-16(10-15)22(23,24)25)28-19-18-11-17(14-6-8-31-9-7-14)21(30)29(2)20(18)27-12-26-19;1-9(10-4-3-5-11(6-10)17(19,20)21)24-14-12-7-13(18)16(26)25(2)15(12)23-8-22-14;1-10(2)11(3,4)15-12(14-10)9-5-7-13-8-6-9;1-6(13)7-3-2-4-8(5-7)9(10,11)12;1-12-6-4(2-5(9)8(12)14)7(13)11-3-10-6/h3-6,10-13H,7-9H2,1-2H3,(H,26,27,28);3-9H,1-2H3,(H,22,23,24);5H,6-8H2,1-4H3;2-6H,13H2,1H3;2-3H,1H3,(H,10,11,13)/t13-;9-;;6-;/m11.1./s1. The summed E-state index contributed by atoms with van der Waals surface area (Å²) in [7, 11) is 4.62. The Morgan fingerprint density at radius 3 is 1.40 bits per heavy atom. The summed E-state index contributed by atoms with van der Waals surface area (Å²) >= 11 is 6.29. The molecule has 1 fully saturated rings. The Morgan fingerprint density at radius 2 is 0.970 bits per heavy atom. The molecule has 0 aliphatic carbocycles. The Hall–Kier alpha value is -8.40. The highest BCUT2D eigenvalue weighted by Crippen LogP contribution is 2.40. The topological polar surface area (TPSA) is 250 Å². The van der Waals surface area contributed by atoms with Crippen molar-refractivity contribution in [2.45, 2.75) is 109 Å². The molecule has 9 aromatic rings. The quantitative estimate of drug-likeness (QED) is 0.0774. The number of fused-ring (bicyclic) bond motifs is 3. The maximum absolute atomic E-state index is 13.1. The average Bonchev–Trinajstić information content (AvgIpc) is 1.78. The van der Waals surface area contributed by atoms with Gasteiger partial charge in [-0.25, -0.2) is 24.9 Å². The van der Waals surface area contributed by atoms with Gasteiger partial charge in [-0.15, -0.1) is 0 Å². The van der Waals surface area contributed by atoms with E-state index >= 15 is 0 Å². The molecule has 3 aliphatic heterocycles. The smallest absolute Gasteiger partial charge is 0.400 e. The van der Waals surface area contributed by atoms with Crippen LogP contribution in [0.15, 0.2) is 156 Å². The Kier molecular flexibility index (Phi) is 24.2. The molecule has 20 nitrogen and oxygen atoms in total. The number of aromatic amines is 1. The zero-order valence-electron chi connectivity index (χ0n) is 55.2.